The third kappa shape index (κ3) is 3.56. The molecule has 18 heavy (non-hydrogen) atoms. The Bertz CT molecular complexity index is 558. The van der Waals surface area contributed by atoms with Crippen LogP contribution in [0, 0.1) is 0 Å². The van der Waals surface area contributed by atoms with Crippen molar-refractivity contribution >= 4 is 17.2 Å². The van der Waals surface area contributed by atoms with E-state index in [9.17, 15) is 9.59 Å². The lowest BCUT2D eigenvalue weighted by molar-refractivity contribution is -0.121. The molecule has 2 aromatic rings. The standard InChI is InChI=1S/C11H14N4O2S/c1-7(5-8-3-2-4-18-8)12-10(16)6-9-13-11(17)15-14-9/h2-4,7H,5-6H2,1H3,(H,12,16)(H2,13,14,15,17)/t7-/m1/s1. The van der Waals surface area contributed by atoms with Crippen LogP contribution in [-0.2, 0) is 17.6 Å². The predicted molar refractivity (Wildman–Crippen MR) is 68.5 cm³/mol. The summed E-state index contributed by atoms with van der Waals surface area (Å²) in [6.45, 7) is 1.95. The van der Waals surface area contributed by atoms with Crippen molar-refractivity contribution in [3.8, 4) is 0 Å². The number of aromatic nitrogens is 3. The maximum absolute atomic E-state index is 11.7. The molecular formula is C11H14N4O2S. The van der Waals surface area contributed by atoms with Crippen molar-refractivity contribution in [1.82, 2.24) is 20.5 Å². The summed E-state index contributed by atoms with van der Waals surface area (Å²) in [5.41, 5.74) is -0.399. The van der Waals surface area contributed by atoms with Crippen LogP contribution in [0.1, 0.15) is 17.6 Å². The van der Waals surface area contributed by atoms with E-state index in [-0.39, 0.29) is 18.4 Å². The highest BCUT2D eigenvalue weighted by molar-refractivity contribution is 7.09. The van der Waals surface area contributed by atoms with Crippen molar-refractivity contribution in [2.24, 2.45) is 0 Å². The van der Waals surface area contributed by atoms with Crippen molar-refractivity contribution in [2.75, 3.05) is 0 Å². The molecule has 0 unspecified atom stereocenters. The lowest BCUT2D eigenvalue weighted by Gasteiger charge is -2.12. The molecule has 2 heterocycles. The van der Waals surface area contributed by atoms with Gasteiger partial charge in [-0.15, -0.1) is 11.3 Å². The van der Waals surface area contributed by atoms with Crippen LogP contribution in [0.5, 0.6) is 0 Å². The van der Waals surface area contributed by atoms with E-state index in [1.165, 1.54) is 4.88 Å². The van der Waals surface area contributed by atoms with E-state index in [4.69, 9.17) is 0 Å². The van der Waals surface area contributed by atoms with Gasteiger partial charge in [0.25, 0.3) is 0 Å². The summed E-state index contributed by atoms with van der Waals surface area (Å²) in [7, 11) is 0. The first-order valence-corrected chi connectivity index (χ1v) is 6.47. The van der Waals surface area contributed by atoms with Gasteiger partial charge in [-0.25, -0.2) is 9.89 Å². The maximum atomic E-state index is 11.7. The Hall–Kier alpha value is -1.89. The van der Waals surface area contributed by atoms with Gasteiger partial charge in [-0.3, -0.25) is 9.78 Å². The van der Waals surface area contributed by atoms with Gasteiger partial charge in [-0.1, -0.05) is 6.07 Å². The van der Waals surface area contributed by atoms with E-state index in [0.717, 1.165) is 6.42 Å². The van der Waals surface area contributed by atoms with Gasteiger partial charge in [0.05, 0.1) is 6.42 Å². The third-order valence-electron chi connectivity index (χ3n) is 2.37. The summed E-state index contributed by atoms with van der Waals surface area (Å²) >= 11 is 1.67. The Morgan fingerprint density at radius 1 is 1.61 bits per heavy atom. The summed E-state index contributed by atoms with van der Waals surface area (Å²) in [6.07, 6.45) is 0.883. The zero-order valence-corrected chi connectivity index (χ0v) is 10.7. The van der Waals surface area contributed by atoms with Crippen LogP contribution in [0.4, 0.5) is 0 Å². The van der Waals surface area contributed by atoms with Crippen LogP contribution in [0.2, 0.25) is 0 Å². The first-order chi connectivity index (χ1) is 8.63. The van der Waals surface area contributed by atoms with Crippen LogP contribution >= 0.6 is 11.3 Å². The Morgan fingerprint density at radius 3 is 3.06 bits per heavy atom. The van der Waals surface area contributed by atoms with E-state index in [1.54, 1.807) is 11.3 Å². The molecule has 0 aliphatic rings. The molecule has 96 valence electrons. The summed E-state index contributed by atoms with van der Waals surface area (Å²) in [5, 5.41) is 10.8. The molecule has 0 aromatic carbocycles. The van der Waals surface area contributed by atoms with E-state index >= 15 is 0 Å². The number of H-pyrrole nitrogens is 2. The maximum Gasteiger partial charge on any atom is 0.340 e. The molecule has 0 radical (unpaired) electrons. The molecular weight excluding hydrogens is 252 g/mol. The highest BCUT2D eigenvalue weighted by Crippen LogP contribution is 2.10. The molecule has 6 nitrogen and oxygen atoms in total. The Balaban J connectivity index is 1.82. The average Bonchev–Trinajstić information content (AvgIpc) is 2.90. The number of nitrogens with zero attached hydrogens (tertiary/aromatic N) is 1. The van der Waals surface area contributed by atoms with E-state index in [2.05, 4.69) is 20.5 Å². The summed E-state index contributed by atoms with van der Waals surface area (Å²) in [5.74, 6) is 0.197. The molecule has 1 amide bonds. The molecule has 1 atom stereocenters. The first-order valence-electron chi connectivity index (χ1n) is 5.59. The van der Waals surface area contributed by atoms with E-state index < -0.39 is 5.69 Å². The highest BCUT2D eigenvalue weighted by atomic mass is 32.1. The number of nitrogens with one attached hydrogen (secondary N) is 3. The zero-order valence-electron chi connectivity index (χ0n) is 9.90. The molecule has 0 aliphatic carbocycles. The molecule has 0 saturated heterocycles. The van der Waals surface area contributed by atoms with Crippen LogP contribution < -0.4 is 11.0 Å². The lowest BCUT2D eigenvalue weighted by atomic mass is 10.2. The molecule has 7 heteroatoms. The minimum Gasteiger partial charge on any atom is -0.353 e. The fourth-order valence-electron chi connectivity index (χ4n) is 1.65. The molecule has 2 aromatic heterocycles. The number of hydrogen-bond donors (Lipinski definition) is 3. The monoisotopic (exact) mass is 266 g/mol. The second-order valence-electron chi connectivity index (χ2n) is 4.05. The zero-order chi connectivity index (χ0) is 13.0. The van der Waals surface area contributed by atoms with Crippen molar-refractivity contribution in [3.05, 3.63) is 38.7 Å². The number of rotatable bonds is 5. The van der Waals surface area contributed by atoms with E-state index in [1.807, 2.05) is 24.4 Å². The molecule has 3 N–H and O–H groups in total. The molecule has 0 spiro atoms. The fraction of sp³-hybridized carbons (Fsp3) is 0.364. The molecule has 0 saturated carbocycles. The van der Waals surface area contributed by atoms with Gasteiger partial charge in [0.2, 0.25) is 5.91 Å². The van der Waals surface area contributed by atoms with Gasteiger partial charge in [0.15, 0.2) is 0 Å². The lowest BCUT2D eigenvalue weighted by Crippen LogP contribution is -2.35. The molecule has 0 aliphatic heterocycles. The van der Waals surface area contributed by atoms with Crippen molar-refractivity contribution in [2.45, 2.75) is 25.8 Å². The summed E-state index contributed by atoms with van der Waals surface area (Å²) < 4.78 is 0. The van der Waals surface area contributed by atoms with E-state index in [0.29, 0.717) is 5.82 Å². The number of hydrogen-bond acceptors (Lipinski definition) is 4. The minimum atomic E-state index is -0.399. The summed E-state index contributed by atoms with van der Waals surface area (Å²) in [6, 6.07) is 4.09. The second kappa shape index (κ2) is 5.63. The average molecular weight is 266 g/mol. The number of amides is 1. The quantitative estimate of drug-likeness (QED) is 0.734. The fourth-order valence-corrected chi connectivity index (χ4v) is 2.48. The second-order valence-corrected chi connectivity index (χ2v) is 5.09. The molecule has 0 fully saturated rings. The van der Waals surface area contributed by atoms with Gasteiger partial charge in [0, 0.05) is 17.3 Å². The van der Waals surface area contributed by atoms with Gasteiger partial charge in [0.1, 0.15) is 5.82 Å². The van der Waals surface area contributed by atoms with Gasteiger partial charge in [-0.2, -0.15) is 5.10 Å². The smallest absolute Gasteiger partial charge is 0.340 e. The topological polar surface area (TPSA) is 90.6 Å². The number of carbonyl (C=O) groups excluding carboxylic acids is 1. The molecule has 0 bridgehead atoms. The first kappa shape index (κ1) is 12.6. The third-order valence-corrected chi connectivity index (χ3v) is 3.27. The Labute approximate surface area is 107 Å². The Morgan fingerprint density at radius 2 is 2.44 bits per heavy atom. The van der Waals surface area contributed by atoms with Crippen LogP contribution in [0.15, 0.2) is 22.3 Å². The van der Waals surface area contributed by atoms with Crippen molar-refractivity contribution < 1.29 is 4.79 Å². The SMILES string of the molecule is C[C@H](Cc1cccs1)NC(=O)Cc1n[nH]c(=O)[nH]1. The van der Waals surface area contributed by atoms with Crippen LogP contribution in [-0.4, -0.2) is 27.1 Å². The molecule has 2 rings (SSSR count). The number of carbonyl (C=O) groups is 1. The largest absolute Gasteiger partial charge is 0.353 e. The normalized spacial score (nSPS) is 12.3. The highest BCUT2D eigenvalue weighted by Gasteiger charge is 2.11. The van der Waals surface area contributed by atoms with Crippen LogP contribution in [0.25, 0.3) is 0 Å². The van der Waals surface area contributed by atoms with Gasteiger partial charge < -0.3 is 5.32 Å². The van der Waals surface area contributed by atoms with Gasteiger partial charge >= 0.3 is 5.69 Å². The van der Waals surface area contributed by atoms with Crippen molar-refractivity contribution in [3.63, 3.8) is 0 Å². The van der Waals surface area contributed by atoms with Crippen molar-refractivity contribution in [1.29, 1.82) is 0 Å². The Kier molecular flexibility index (Phi) is 3.93. The minimum absolute atomic E-state index is 0.0572. The van der Waals surface area contributed by atoms with Crippen LogP contribution in [0.3, 0.4) is 0 Å². The predicted octanol–water partition coefficient (Wildman–Crippen LogP) is 0.449. The summed E-state index contributed by atoms with van der Waals surface area (Å²) in [4.78, 5) is 26.2. The van der Waals surface area contributed by atoms with Gasteiger partial charge in [-0.05, 0) is 18.4 Å². The number of aromatic amines is 2. The number of thiophene rings is 1.